The van der Waals surface area contributed by atoms with E-state index in [4.69, 9.17) is 14.9 Å². The molecule has 7 nitrogen and oxygen atoms in total. The Morgan fingerprint density at radius 3 is 2.79 bits per heavy atom. The van der Waals surface area contributed by atoms with Gasteiger partial charge in [-0.2, -0.15) is 4.98 Å². The van der Waals surface area contributed by atoms with Crippen molar-refractivity contribution in [3.63, 3.8) is 0 Å². The average molecular weight is 261 g/mol. The van der Waals surface area contributed by atoms with E-state index in [1.165, 1.54) is 19.2 Å². The van der Waals surface area contributed by atoms with E-state index in [0.29, 0.717) is 0 Å². The number of carbonyl (C=O) groups is 2. The topological polar surface area (TPSA) is 107 Å². The number of nitrogens with one attached hydrogen (secondary N) is 1. The number of aromatic nitrogens is 1. The molecule has 0 fully saturated rings. The molecule has 0 saturated carbocycles. The quantitative estimate of drug-likeness (QED) is 0.867. The number of benzene rings is 1. The van der Waals surface area contributed by atoms with Crippen LogP contribution in [0.5, 0.6) is 11.7 Å². The van der Waals surface area contributed by atoms with Gasteiger partial charge in [0.15, 0.2) is 0 Å². The van der Waals surface area contributed by atoms with E-state index in [1.54, 1.807) is 18.2 Å². The summed E-state index contributed by atoms with van der Waals surface area (Å²) < 4.78 is 10.5. The van der Waals surface area contributed by atoms with Crippen LogP contribution in [0.25, 0.3) is 0 Å². The van der Waals surface area contributed by atoms with Gasteiger partial charge in [-0.15, -0.1) is 0 Å². The van der Waals surface area contributed by atoms with Gasteiger partial charge in [-0.25, -0.2) is 0 Å². The summed E-state index contributed by atoms with van der Waals surface area (Å²) in [5.41, 5.74) is 5.44. The smallest absolute Gasteiger partial charge is 0.312 e. The Labute approximate surface area is 108 Å². The van der Waals surface area contributed by atoms with Gasteiger partial charge < -0.3 is 14.9 Å². The Bertz CT molecular complexity index is 621. The Balaban J connectivity index is 2.19. The zero-order valence-corrected chi connectivity index (χ0v) is 10.0. The summed E-state index contributed by atoms with van der Waals surface area (Å²) in [4.78, 5) is 25.8. The number of primary amides is 1. The van der Waals surface area contributed by atoms with E-state index < -0.39 is 5.91 Å². The lowest BCUT2D eigenvalue weighted by molar-refractivity contribution is -0.114. The maximum absolute atomic E-state index is 11.2. The largest absolute Gasteiger partial charge is 0.424 e. The molecule has 19 heavy (non-hydrogen) atoms. The summed E-state index contributed by atoms with van der Waals surface area (Å²) in [6, 6.07) is 6.46. The standard InChI is InChI=1S/C12H11N3O4/c1-7(16)15-12-14-6-10(19-12)18-9-5-3-2-4-8(9)11(13)17/h2-6H,1H3,(H2,13,17)(H,14,15,16). The number of carbonyl (C=O) groups excluding carboxylic acids is 2. The zero-order chi connectivity index (χ0) is 13.8. The molecule has 1 heterocycles. The van der Waals surface area contributed by atoms with Crippen LogP contribution >= 0.6 is 0 Å². The Hall–Kier alpha value is -2.83. The van der Waals surface area contributed by atoms with Gasteiger partial charge >= 0.3 is 12.0 Å². The second-order valence-corrected chi connectivity index (χ2v) is 3.63. The summed E-state index contributed by atoms with van der Waals surface area (Å²) in [5.74, 6) is -0.638. The number of amides is 2. The minimum Gasteiger partial charge on any atom is -0.424 e. The molecule has 0 saturated heterocycles. The number of para-hydroxylation sites is 1. The van der Waals surface area contributed by atoms with Crippen LogP contribution in [0.2, 0.25) is 0 Å². The van der Waals surface area contributed by atoms with Crippen molar-refractivity contribution in [1.82, 2.24) is 4.98 Å². The van der Waals surface area contributed by atoms with Gasteiger partial charge in [0, 0.05) is 6.92 Å². The minimum absolute atomic E-state index is 0.0130. The Kier molecular flexibility index (Phi) is 3.46. The molecule has 0 aliphatic carbocycles. The van der Waals surface area contributed by atoms with Gasteiger partial charge in [-0.1, -0.05) is 12.1 Å². The number of oxazole rings is 1. The number of anilines is 1. The van der Waals surface area contributed by atoms with Gasteiger partial charge in [-0.3, -0.25) is 14.9 Å². The van der Waals surface area contributed by atoms with E-state index in [2.05, 4.69) is 10.3 Å². The zero-order valence-electron chi connectivity index (χ0n) is 10.0. The van der Waals surface area contributed by atoms with Gasteiger partial charge in [-0.05, 0) is 12.1 Å². The minimum atomic E-state index is -0.614. The molecule has 0 unspecified atom stereocenters. The molecule has 0 bridgehead atoms. The Morgan fingerprint density at radius 2 is 2.11 bits per heavy atom. The molecule has 7 heteroatoms. The monoisotopic (exact) mass is 261 g/mol. The molecule has 2 amide bonds. The highest BCUT2D eigenvalue weighted by molar-refractivity contribution is 5.95. The molecule has 2 rings (SSSR count). The van der Waals surface area contributed by atoms with Crippen LogP contribution in [0.4, 0.5) is 6.01 Å². The number of nitrogens with two attached hydrogens (primary N) is 1. The lowest BCUT2D eigenvalue weighted by Crippen LogP contribution is -2.11. The second kappa shape index (κ2) is 5.21. The van der Waals surface area contributed by atoms with Crippen LogP contribution in [-0.2, 0) is 4.79 Å². The molecule has 1 aromatic carbocycles. The fraction of sp³-hybridized carbons (Fsp3) is 0.0833. The third kappa shape index (κ3) is 3.09. The van der Waals surface area contributed by atoms with Crippen molar-refractivity contribution in [2.24, 2.45) is 5.73 Å². The fourth-order valence-electron chi connectivity index (χ4n) is 1.38. The van der Waals surface area contributed by atoms with Crippen molar-refractivity contribution in [3.8, 4) is 11.7 Å². The van der Waals surface area contributed by atoms with Crippen LogP contribution < -0.4 is 15.8 Å². The van der Waals surface area contributed by atoms with E-state index >= 15 is 0 Å². The summed E-state index contributed by atoms with van der Waals surface area (Å²) in [6.45, 7) is 1.33. The number of rotatable bonds is 4. The molecule has 0 radical (unpaired) electrons. The summed E-state index contributed by atoms with van der Waals surface area (Å²) in [5, 5.41) is 2.36. The molecular formula is C12H11N3O4. The summed E-state index contributed by atoms with van der Waals surface area (Å²) in [6.07, 6.45) is 1.28. The molecule has 98 valence electrons. The van der Waals surface area contributed by atoms with E-state index in [9.17, 15) is 9.59 Å². The first-order valence-corrected chi connectivity index (χ1v) is 5.36. The first-order chi connectivity index (χ1) is 9.06. The summed E-state index contributed by atoms with van der Waals surface area (Å²) in [7, 11) is 0. The first-order valence-electron chi connectivity index (χ1n) is 5.36. The lowest BCUT2D eigenvalue weighted by atomic mass is 10.2. The van der Waals surface area contributed by atoms with Crippen molar-refractivity contribution in [2.75, 3.05) is 5.32 Å². The van der Waals surface area contributed by atoms with Crippen LogP contribution in [0.1, 0.15) is 17.3 Å². The van der Waals surface area contributed by atoms with Crippen LogP contribution in [0.15, 0.2) is 34.9 Å². The Morgan fingerprint density at radius 1 is 1.37 bits per heavy atom. The molecule has 0 aliphatic heterocycles. The number of hydrogen-bond donors (Lipinski definition) is 2. The maximum atomic E-state index is 11.2. The van der Waals surface area contributed by atoms with Crippen LogP contribution in [0.3, 0.4) is 0 Å². The fourth-order valence-corrected chi connectivity index (χ4v) is 1.38. The molecule has 2 aromatic rings. The predicted molar refractivity (Wildman–Crippen MR) is 65.8 cm³/mol. The second-order valence-electron chi connectivity index (χ2n) is 3.63. The highest BCUT2D eigenvalue weighted by atomic mass is 16.6. The van der Waals surface area contributed by atoms with Crippen molar-refractivity contribution in [1.29, 1.82) is 0 Å². The molecule has 0 spiro atoms. The SMILES string of the molecule is CC(=O)Nc1ncc(Oc2ccccc2C(N)=O)o1. The number of hydrogen-bond acceptors (Lipinski definition) is 5. The van der Waals surface area contributed by atoms with Crippen LogP contribution in [0, 0.1) is 0 Å². The molecular weight excluding hydrogens is 250 g/mol. The van der Waals surface area contributed by atoms with E-state index in [-0.39, 0.29) is 29.2 Å². The van der Waals surface area contributed by atoms with Gasteiger partial charge in [0.25, 0.3) is 5.91 Å². The van der Waals surface area contributed by atoms with Crippen molar-refractivity contribution >= 4 is 17.8 Å². The average Bonchev–Trinajstić information content (AvgIpc) is 2.76. The maximum Gasteiger partial charge on any atom is 0.312 e. The first kappa shape index (κ1) is 12.6. The third-order valence-corrected chi connectivity index (χ3v) is 2.13. The predicted octanol–water partition coefficient (Wildman–Crippen LogP) is 1.52. The molecule has 0 aliphatic rings. The molecule has 1 aromatic heterocycles. The van der Waals surface area contributed by atoms with Crippen LogP contribution in [-0.4, -0.2) is 16.8 Å². The van der Waals surface area contributed by atoms with Gasteiger partial charge in [0.1, 0.15) is 11.9 Å². The van der Waals surface area contributed by atoms with Gasteiger partial charge in [0.2, 0.25) is 5.91 Å². The van der Waals surface area contributed by atoms with Crippen molar-refractivity contribution in [3.05, 3.63) is 36.0 Å². The van der Waals surface area contributed by atoms with E-state index in [0.717, 1.165) is 0 Å². The molecule has 3 N–H and O–H groups in total. The van der Waals surface area contributed by atoms with Crippen molar-refractivity contribution < 1.29 is 18.7 Å². The summed E-state index contributed by atoms with van der Waals surface area (Å²) >= 11 is 0. The number of nitrogens with zero attached hydrogens (tertiary/aromatic N) is 1. The van der Waals surface area contributed by atoms with E-state index in [1.807, 2.05) is 0 Å². The van der Waals surface area contributed by atoms with Crippen molar-refractivity contribution in [2.45, 2.75) is 6.92 Å². The van der Waals surface area contributed by atoms with Gasteiger partial charge in [0.05, 0.1) is 5.56 Å². The normalized spacial score (nSPS) is 9.95. The lowest BCUT2D eigenvalue weighted by Gasteiger charge is -2.05. The highest BCUT2D eigenvalue weighted by Crippen LogP contribution is 2.26. The highest BCUT2D eigenvalue weighted by Gasteiger charge is 2.12. The third-order valence-electron chi connectivity index (χ3n) is 2.13. The number of ether oxygens (including phenoxy) is 1. The molecule has 0 atom stereocenters.